The van der Waals surface area contributed by atoms with Gasteiger partial charge in [0.05, 0.1) is 29.4 Å². The Kier molecular flexibility index (Phi) is 2.95. The van der Waals surface area contributed by atoms with E-state index in [4.69, 9.17) is 4.74 Å². The maximum absolute atomic E-state index is 11.5. The molecule has 0 atom stereocenters. The van der Waals surface area contributed by atoms with E-state index in [1.54, 1.807) is 19.1 Å². The third-order valence-electron chi connectivity index (χ3n) is 3.12. The van der Waals surface area contributed by atoms with Gasteiger partial charge in [0.1, 0.15) is 5.69 Å². The first kappa shape index (κ1) is 12.3. The van der Waals surface area contributed by atoms with E-state index < -0.39 is 0 Å². The lowest BCUT2D eigenvalue weighted by atomic mass is 10.2. The van der Waals surface area contributed by atoms with Crippen LogP contribution in [0.3, 0.4) is 0 Å². The van der Waals surface area contributed by atoms with Gasteiger partial charge in [-0.1, -0.05) is 12.1 Å². The zero-order chi connectivity index (χ0) is 14.1. The highest BCUT2D eigenvalue weighted by Crippen LogP contribution is 2.20. The second kappa shape index (κ2) is 4.77. The van der Waals surface area contributed by atoms with E-state index in [0.717, 1.165) is 11.0 Å². The lowest BCUT2D eigenvalue weighted by Crippen LogP contribution is -2.05. The Morgan fingerprint density at radius 3 is 2.65 bits per heavy atom. The van der Waals surface area contributed by atoms with E-state index >= 15 is 0 Å². The zero-order valence-corrected chi connectivity index (χ0v) is 11.2. The molecule has 100 valence electrons. The van der Waals surface area contributed by atoms with Crippen LogP contribution in [0.2, 0.25) is 0 Å². The molecule has 2 heterocycles. The number of carbonyl (C=O) groups excluding carboxylic acids is 1. The van der Waals surface area contributed by atoms with Gasteiger partial charge in [0.15, 0.2) is 5.82 Å². The molecule has 0 spiro atoms. The van der Waals surface area contributed by atoms with Gasteiger partial charge < -0.3 is 9.72 Å². The second-order valence-corrected chi connectivity index (χ2v) is 4.42. The van der Waals surface area contributed by atoms with Crippen LogP contribution < -0.4 is 0 Å². The Bertz CT molecular complexity index is 760. The fourth-order valence-electron chi connectivity index (χ4n) is 2.09. The predicted octanol–water partition coefficient (Wildman–Crippen LogP) is 2.72. The normalized spacial score (nSPS) is 10.7. The number of fused-ring (bicyclic) bond motifs is 1. The zero-order valence-electron chi connectivity index (χ0n) is 11.2. The number of benzene rings is 1. The van der Waals surface area contributed by atoms with Crippen LogP contribution >= 0.6 is 0 Å². The van der Waals surface area contributed by atoms with Crippen molar-refractivity contribution >= 4 is 17.0 Å². The number of carbonyl (C=O) groups is 1. The number of aromatic nitrogens is 3. The predicted molar refractivity (Wildman–Crippen MR) is 75.4 cm³/mol. The van der Waals surface area contributed by atoms with Crippen molar-refractivity contribution in [3.8, 4) is 11.5 Å². The number of H-pyrrole nitrogens is 1. The van der Waals surface area contributed by atoms with Crippen LogP contribution in [0, 0.1) is 6.92 Å². The van der Waals surface area contributed by atoms with Crippen LogP contribution in [0.1, 0.15) is 16.1 Å². The maximum Gasteiger partial charge on any atom is 0.339 e. The molecule has 0 aliphatic heterocycles. The van der Waals surface area contributed by atoms with Gasteiger partial charge in [-0.3, -0.25) is 0 Å². The van der Waals surface area contributed by atoms with Gasteiger partial charge in [-0.2, -0.15) is 0 Å². The van der Waals surface area contributed by atoms with E-state index in [2.05, 4.69) is 15.0 Å². The molecule has 3 rings (SSSR count). The number of pyridine rings is 1. The first-order valence-electron chi connectivity index (χ1n) is 6.20. The molecule has 0 aliphatic rings. The number of hydrogen-bond donors (Lipinski definition) is 1. The van der Waals surface area contributed by atoms with Crippen LogP contribution in [0.15, 0.2) is 36.4 Å². The highest BCUT2D eigenvalue weighted by atomic mass is 16.5. The van der Waals surface area contributed by atoms with Crippen molar-refractivity contribution in [2.75, 3.05) is 7.11 Å². The summed E-state index contributed by atoms with van der Waals surface area (Å²) >= 11 is 0. The summed E-state index contributed by atoms with van der Waals surface area (Å²) in [6.07, 6.45) is 0. The van der Waals surface area contributed by atoms with Crippen molar-refractivity contribution in [3.05, 3.63) is 47.7 Å². The first-order valence-corrected chi connectivity index (χ1v) is 6.20. The average molecular weight is 267 g/mol. The summed E-state index contributed by atoms with van der Waals surface area (Å²) in [5, 5.41) is 0. The minimum absolute atomic E-state index is 0.383. The van der Waals surface area contributed by atoms with Crippen LogP contribution in [0.5, 0.6) is 0 Å². The summed E-state index contributed by atoms with van der Waals surface area (Å²) in [5.41, 5.74) is 3.63. The van der Waals surface area contributed by atoms with Crippen molar-refractivity contribution in [1.82, 2.24) is 15.0 Å². The number of esters is 1. The van der Waals surface area contributed by atoms with Gasteiger partial charge >= 0.3 is 5.97 Å². The molecule has 0 fully saturated rings. The summed E-state index contributed by atoms with van der Waals surface area (Å²) in [6, 6.07) is 11.2. The second-order valence-electron chi connectivity index (χ2n) is 4.42. The molecule has 0 radical (unpaired) electrons. The van der Waals surface area contributed by atoms with Crippen LogP contribution in [-0.2, 0) is 4.74 Å². The largest absolute Gasteiger partial charge is 0.465 e. The van der Waals surface area contributed by atoms with E-state index in [0.29, 0.717) is 22.8 Å². The van der Waals surface area contributed by atoms with Crippen LogP contribution in [-0.4, -0.2) is 28.0 Å². The van der Waals surface area contributed by atoms with E-state index in [9.17, 15) is 4.79 Å². The molecule has 0 unspecified atom stereocenters. The molecule has 3 aromatic rings. The molecule has 1 N–H and O–H groups in total. The SMILES string of the molecule is COC(=O)c1ccc(-c2nc3ccccc3[nH]2)nc1C. The number of aryl methyl sites for hydroxylation is 1. The third-order valence-corrected chi connectivity index (χ3v) is 3.12. The topological polar surface area (TPSA) is 67.9 Å². The highest BCUT2D eigenvalue weighted by molar-refractivity contribution is 5.90. The van der Waals surface area contributed by atoms with E-state index in [1.807, 2.05) is 24.3 Å². The first-order chi connectivity index (χ1) is 9.69. The fraction of sp³-hybridized carbons (Fsp3) is 0.133. The highest BCUT2D eigenvalue weighted by Gasteiger charge is 2.13. The molecular weight excluding hydrogens is 254 g/mol. The molecule has 5 nitrogen and oxygen atoms in total. The standard InChI is InChI=1S/C15H13N3O2/c1-9-10(15(19)20-2)7-8-13(16-9)14-17-11-5-3-4-6-12(11)18-14/h3-8H,1-2H3,(H,17,18). The molecule has 5 heteroatoms. The fourth-order valence-corrected chi connectivity index (χ4v) is 2.09. The summed E-state index contributed by atoms with van der Waals surface area (Å²) in [6.45, 7) is 1.78. The average Bonchev–Trinajstić information content (AvgIpc) is 2.90. The smallest absolute Gasteiger partial charge is 0.339 e. The number of ether oxygens (including phenoxy) is 1. The molecule has 0 saturated heterocycles. The Balaban J connectivity index is 2.06. The summed E-state index contributed by atoms with van der Waals surface area (Å²) in [5.74, 6) is 0.303. The summed E-state index contributed by atoms with van der Waals surface area (Å²) in [7, 11) is 1.36. The number of nitrogens with zero attached hydrogens (tertiary/aromatic N) is 2. The van der Waals surface area contributed by atoms with Crippen molar-refractivity contribution < 1.29 is 9.53 Å². The summed E-state index contributed by atoms with van der Waals surface area (Å²) < 4.78 is 4.71. The lowest BCUT2D eigenvalue weighted by molar-refractivity contribution is 0.0599. The number of methoxy groups -OCH3 is 1. The quantitative estimate of drug-likeness (QED) is 0.725. The Labute approximate surface area is 115 Å². The van der Waals surface area contributed by atoms with Crippen LogP contribution in [0.4, 0.5) is 0 Å². The lowest BCUT2D eigenvalue weighted by Gasteiger charge is -2.04. The number of imidazole rings is 1. The number of aromatic amines is 1. The Hall–Kier alpha value is -2.69. The molecule has 20 heavy (non-hydrogen) atoms. The number of para-hydroxylation sites is 2. The van der Waals surface area contributed by atoms with E-state index in [-0.39, 0.29) is 5.97 Å². The monoisotopic (exact) mass is 267 g/mol. The molecule has 0 bridgehead atoms. The number of nitrogens with one attached hydrogen (secondary N) is 1. The molecular formula is C15H13N3O2. The molecule has 2 aromatic heterocycles. The van der Waals surface area contributed by atoms with Crippen molar-refractivity contribution in [3.63, 3.8) is 0 Å². The van der Waals surface area contributed by atoms with Gasteiger partial charge in [-0.15, -0.1) is 0 Å². The Morgan fingerprint density at radius 2 is 1.95 bits per heavy atom. The maximum atomic E-state index is 11.5. The van der Waals surface area contributed by atoms with Crippen molar-refractivity contribution in [2.24, 2.45) is 0 Å². The number of rotatable bonds is 2. The summed E-state index contributed by atoms with van der Waals surface area (Å²) in [4.78, 5) is 23.6. The Morgan fingerprint density at radius 1 is 1.15 bits per heavy atom. The molecule has 0 amide bonds. The van der Waals surface area contributed by atoms with Crippen molar-refractivity contribution in [2.45, 2.75) is 6.92 Å². The molecule has 0 aliphatic carbocycles. The van der Waals surface area contributed by atoms with Gasteiger partial charge in [0.2, 0.25) is 0 Å². The third kappa shape index (κ3) is 2.03. The van der Waals surface area contributed by atoms with Gasteiger partial charge in [-0.05, 0) is 31.2 Å². The van der Waals surface area contributed by atoms with Gasteiger partial charge in [0, 0.05) is 0 Å². The molecule has 1 aromatic carbocycles. The van der Waals surface area contributed by atoms with Crippen LogP contribution in [0.25, 0.3) is 22.6 Å². The minimum atomic E-state index is -0.383. The van der Waals surface area contributed by atoms with Crippen molar-refractivity contribution in [1.29, 1.82) is 0 Å². The van der Waals surface area contributed by atoms with E-state index in [1.165, 1.54) is 7.11 Å². The number of hydrogen-bond acceptors (Lipinski definition) is 4. The van der Waals surface area contributed by atoms with Gasteiger partial charge in [0.25, 0.3) is 0 Å². The molecule has 0 saturated carbocycles. The van der Waals surface area contributed by atoms with Gasteiger partial charge in [-0.25, -0.2) is 14.8 Å². The minimum Gasteiger partial charge on any atom is -0.465 e.